The fourth-order valence-corrected chi connectivity index (χ4v) is 3.23. The summed E-state index contributed by atoms with van der Waals surface area (Å²) in [4.78, 5) is 18.2. The minimum Gasteiger partial charge on any atom is -0.487 e. The van der Waals surface area contributed by atoms with Crippen LogP contribution in [-0.2, 0) is 13.2 Å². The molecule has 2 heterocycles. The van der Waals surface area contributed by atoms with Gasteiger partial charge in [0.25, 0.3) is 0 Å². The van der Waals surface area contributed by atoms with E-state index in [1.54, 1.807) is 35.2 Å². The van der Waals surface area contributed by atoms with Crippen molar-refractivity contribution in [2.24, 2.45) is 0 Å². The Bertz CT molecular complexity index is 1140. The van der Waals surface area contributed by atoms with Gasteiger partial charge in [0, 0.05) is 23.5 Å². The van der Waals surface area contributed by atoms with Crippen LogP contribution >= 0.6 is 0 Å². The van der Waals surface area contributed by atoms with E-state index in [1.807, 2.05) is 13.0 Å². The maximum atomic E-state index is 13.8. The number of halogens is 1. The number of hydrogen-bond acceptors (Lipinski definition) is 4. The van der Waals surface area contributed by atoms with Crippen molar-refractivity contribution < 1.29 is 13.9 Å². The van der Waals surface area contributed by atoms with E-state index < -0.39 is 5.82 Å². The molecule has 0 fully saturated rings. The van der Waals surface area contributed by atoms with E-state index in [4.69, 9.17) is 4.74 Å². The van der Waals surface area contributed by atoms with Gasteiger partial charge < -0.3 is 10.1 Å². The van der Waals surface area contributed by atoms with E-state index in [0.29, 0.717) is 22.7 Å². The molecule has 1 aromatic heterocycles. The topological polar surface area (TPSA) is 78.2 Å². The Labute approximate surface area is 167 Å². The van der Waals surface area contributed by atoms with Gasteiger partial charge in [0.15, 0.2) is 0 Å². The molecule has 0 bridgehead atoms. The molecule has 2 amide bonds. The minimum atomic E-state index is -0.434. The van der Waals surface area contributed by atoms with Crippen LogP contribution in [0.25, 0.3) is 0 Å². The maximum Gasteiger partial charge on any atom is 0.326 e. The molecule has 4 rings (SSSR count). The van der Waals surface area contributed by atoms with Gasteiger partial charge in [-0.05, 0) is 42.8 Å². The van der Waals surface area contributed by atoms with Gasteiger partial charge in [0.2, 0.25) is 0 Å². The molecule has 1 aliphatic heterocycles. The highest BCUT2D eigenvalue weighted by molar-refractivity contribution is 6.05. The highest BCUT2D eigenvalue weighted by Crippen LogP contribution is 2.33. The van der Waals surface area contributed by atoms with Gasteiger partial charge in [-0.15, -0.1) is 0 Å². The summed E-state index contributed by atoms with van der Waals surface area (Å²) in [5, 5.41) is 12.2. The number of rotatable bonds is 4. The summed E-state index contributed by atoms with van der Waals surface area (Å²) in [6.45, 7) is 2.13. The number of aromatic nitrogens is 1. The van der Waals surface area contributed by atoms with E-state index in [1.165, 1.54) is 18.3 Å². The lowest BCUT2D eigenvalue weighted by atomic mass is 10.0. The molecule has 0 saturated heterocycles. The molecule has 7 heteroatoms. The van der Waals surface area contributed by atoms with Crippen LogP contribution in [0, 0.1) is 24.1 Å². The molecule has 0 spiro atoms. The average Bonchev–Trinajstić information content (AvgIpc) is 2.73. The van der Waals surface area contributed by atoms with Crippen LogP contribution in [0.3, 0.4) is 0 Å². The Morgan fingerprint density at radius 1 is 1.28 bits per heavy atom. The molecule has 0 radical (unpaired) electrons. The standard InChI is InChI=1S/C22H17FN4O2/c1-14-7-8-16(29-13-20-18(23)5-3-9-25-20)10-21(14)27-12-17-15(11-24)4-2-6-19(17)26-22(27)28/h2-10H,12-13H2,1H3,(H,26,28). The van der Waals surface area contributed by atoms with Crippen molar-refractivity contribution >= 4 is 17.4 Å². The molecule has 144 valence electrons. The van der Waals surface area contributed by atoms with E-state index >= 15 is 0 Å². The molecule has 0 saturated carbocycles. The summed E-state index contributed by atoms with van der Waals surface area (Å²) in [5.74, 6) is 0.0544. The van der Waals surface area contributed by atoms with Crippen LogP contribution in [0.15, 0.2) is 54.7 Å². The molecule has 6 nitrogen and oxygen atoms in total. The molecule has 1 aliphatic rings. The minimum absolute atomic E-state index is 0.0250. The summed E-state index contributed by atoms with van der Waals surface area (Å²) in [6.07, 6.45) is 1.50. The summed E-state index contributed by atoms with van der Waals surface area (Å²) in [6, 6.07) is 15.3. The molecule has 0 unspecified atom stereocenters. The summed E-state index contributed by atoms with van der Waals surface area (Å²) in [7, 11) is 0. The van der Waals surface area contributed by atoms with Crippen LogP contribution in [0.2, 0.25) is 0 Å². The zero-order valence-electron chi connectivity index (χ0n) is 15.6. The number of carbonyl (C=O) groups is 1. The molecule has 29 heavy (non-hydrogen) atoms. The maximum absolute atomic E-state index is 13.8. The second kappa shape index (κ2) is 7.60. The zero-order chi connectivity index (χ0) is 20.4. The predicted molar refractivity (Wildman–Crippen MR) is 106 cm³/mol. The molecule has 1 N–H and O–H groups in total. The number of nitrogens with zero attached hydrogens (tertiary/aromatic N) is 3. The number of ether oxygens (including phenoxy) is 1. The lowest BCUT2D eigenvalue weighted by molar-refractivity contribution is 0.256. The van der Waals surface area contributed by atoms with Crippen LogP contribution in [-0.4, -0.2) is 11.0 Å². The number of amides is 2. The van der Waals surface area contributed by atoms with Crippen molar-refractivity contribution in [3.8, 4) is 11.8 Å². The van der Waals surface area contributed by atoms with Crippen molar-refractivity contribution in [3.05, 3.63) is 82.9 Å². The van der Waals surface area contributed by atoms with Crippen molar-refractivity contribution in [1.29, 1.82) is 5.26 Å². The van der Waals surface area contributed by atoms with Crippen LogP contribution < -0.4 is 15.0 Å². The summed E-state index contributed by atoms with van der Waals surface area (Å²) in [5.41, 5.74) is 3.65. The third kappa shape index (κ3) is 3.60. The smallest absolute Gasteiger partial charge is 0.326 e. The Hall–Kier alpha value is -3.92. The monoisotopic (exact) mass is 388 g/mol. The van der Waals surface area contributed by atoms with Crippen molar-refractivity contribution in [2.75, 3.05) is 10.2 Å². The number of benzene rings is 2. The normalized spacial score (nSPS) is 12.7. The second-order valence-corrected chi connectivity index (χ2v) is 6.63. The summed E-state index contributed by atoms with van der Waals surface area (Å²) < 4.78 is 19.5. The summed E-state index contributed by atoms with van der Waals surface area (Å²) >= 11 is 0. The lowest BCUT2D eigenvalue weighted by Crippen LogP contribution is -2.39. The predicted octanol–water partition coefficient (Wildman–Crippen LogP) is 4.53. The van der Waals surface area contributed by atoms with Gasteiger partial charge in [-0.3, -0.25) is 9.88 Å². The number of fused-ring (bicyclic) bond motifs is 1. The zero-order valence-corrected chi connectivity index (χ0v) is 15.6. The van der Waals surface area contributed by atoms with E-state index in [9.17, 15) is 14.4 Å². The Morgan fingerprint density at radius 3 is 2.93 bits per heavy atom. The van der Waals surface area contributed by atoms with E-state index in [0.717, 1.165) is 11.1 Å². The average molecular weight is 388 g/mol. The Morgan fingerprint density at radius 2 is 2.14 bits per heavy atom. The Kier molecular flexibility index (Phi) is 4.83. The fraction of sp³-hybridized carbons (Fsp3) is 0.136. The third-order valence-electron chi connectivity index (χ3n) is 4.78. The first-order valence-electron chi connectivity index (χ1n) is 9.00. The second-order valence-electron chi connectivity index (χ2n) is 6.63. The van der Waals surface area contributed by atoms with Gasteiger partial charge in [-0.1, -0.05) is 12.1 Å². The first-order chi connectivity index (χ1) is 14.1. The third-order valence-corrected chi connectivity index (χ3v) is 4.78. The van der Waals surface area contributed by atoms with Crippen LogP contribution in [0.4, 0.5) is 20.6 Å². The number of urea groups is 1. The largest absolute Gasteiger partial charge is 0.487 e. The number of pyridine rings is 1. The van der Waals surface area contributed by atoms with Gasteiger partial charge in [0.05, 0.1) is 23.9 Å². The molecular formula is C22H17FN4O2. The lowest BCUT2D eigenvalue weighted by Gasteiger charge is -2.31. The van der Waals surface area contributed by atoms with Gasteiger partial charge in [-0.2, -0.15) is 5.26 Å². The molecule has 0 aliphatic carbocycles. The SMILES string of the molecule is Cc1ccc(OCc2ncccc2F)cc1N1Cc2c(C#N)cccc2NC1=O. The number of aryl methyl sites for hydroxylation is 1. The van der Waals surface area contributed by atoms with Gasteiger partial charge >= 0.3 is 6.03 Å². The van der Waals surface area contributed by atoms with Crippen molar-refractivity contribution in [3.63, 3.8) is 0 Å². The van der Waals surface area contributed by atoms with Gasteiger partial charge in [0.1, 0.15) is 23.9 Å². The highest BCUT2D eigenvalue weighted by atomic mass is 19.1. The first-order valence-corrected chi connectivity index (χ1v) is 9.00. The number of carbonyl (C=O) groups excluding carboxylic acids is 1. The number of hydrogen-bond donors (Lipinski definition) is 1. The molecule has 3 aromatic rings. The number of anilines is 2. The number of nitriles is 1. The highest BCUT2D eigenvalue weighted by Gasteiger charge is 2.27. The molecular weight excluding hydrogens is 371 g/mol. The molecule has 0 atom stereocenters. The van der Waals surface area contributed by atoms with Crippen LogP contribution in [0.1, 0.15) is 22.4 Å². The Balaban J connectivity index is 1.61. The quantitative estimate of drug-likeness (QED) is 0.712. The van der Waals surface area contributed by atoms with E-state index in [-0.39, 0.29) is 24.9 Å². The van der Waals surface area contributed by atoms with Crippen molar-refractivity contribution in [1.82, 2.24) is 4.98 Å². The van der Waals surface area contributed by atoms with Crippen LogP contribution in [0.5, 0.6) is 5.75 Å². The van der Waals surface area contributed by atoms with Gasteiger partial charge in [-0.25, -0.2) is 9.18 Å². The first kappa shape index (κ1) is 18.4. The molecule has 2 aromatic carbocycles. The van der Waals surface area contributed by atoms with Crippen molar-refractivity contribution in [2.45, 2.75) is 20.1 Å². The van der Waals surface area contributed by atoms with E-state index in [2.05, 4.69) is 16.4 Å². The fourth-order valence-electron chi connectivity index (χ4n) is 3.23. The number of nitrogens with one attached hydrogen (secondary N) is 1.